The summed E-state index contributed by atoms with van der Waals surface area (Å²) in [5.41, 5.74) is 2.35. The molecule has 2 bridgehead atoms. The molecule has 6 heteroatoms. The smallest absolute Gasteiger partial charge is 0.248 e. The molecule has 1 N–H and O–H groups in total. The minimum Gasteiger partial charge on any atom is -0.457 e. The second-order valence-corrected chi connectivity index (χ2v) is 3.90. The van der Waals surface area contributed by atoms with E-state index in [4.69, 9.17) is 9.47 Å². The second kappa shape index (κ2) is 5.05. The van der Waals surface area contributed by atoms with Gasteiger partial charge in [-0.15, -0.1) is 0 Å². The highest BCUT2D eigenvalue weighted by Crippen LogP contribution is 2.32. The van der Waals surface area contributed by atoms with E-state index in [1.54, 1.807) is 0 Å². The number of amides is 2. The summed E-state index contributed by atoms with van der Waals surface area (Å²) in [5.74, 6) is 1.59. The second-order valence-electron chi connectivity index (χ2n) is 3.90. The Balaban J connectivity index is 0.000000146. The first-order valence-electron chi connectivity index (χ1n) is 5.50. The van der Waals surface area contributed by atoms with Crippen molar-refractivity contribution in [3.8, 4) is 11.5 Å². The van der Waals surface area contributed by atoms with Crippen molar-refractivity contribution in [2.24, 2.45) is 0 Å². The van der Waals surface area contributed by atoms with Gasteiger partial charge in [-0.3, -0.25) is 15.0 Å². The first-order valence-corrected chi connectivity index (χ1v) is 5.50. The molecular weight excluding hydrogens is 236 g/mol. The van der Waals surface area contributed by atoms with E-state index in [-0.39, 0.29) is 18.0 Å². The van der Waals surface area contributed by atoms with E-state index in [9.17, 15) is 9.59 Å². The lowest BCUT2D eigenvalue weighted by molar-refractivity contribution is -0.181. The van der Waals surface area contributed by atoms with Gasteiger partial charge >= 0.3 is 0 Å². The zero-order chi connectivity index (χ0) is 13.1. The quantitative estimate of drug-likeness (QED) is 0.808. The largest absolute Gasteiger partial charge is 0.457 e. The van der Waals surface area contributed by atoms with Crippen LogP contribution in [0.1, 0.15) is 13.3 Å². The number of hydrogen-bond acceptors (Lipinski definition) is 4. The topological polar surface area (TPSA) is 67.9 Å². The fraction of sp³-hybridized carbons (Fsp3) is 0.333. The predicted molar refractivity (Wildman–Crippen MR) is 62.6 cm³/mol. The number of rotatable bonds is 2. The number of fused-ring (bicyclic) bond motifs is 2. The van der Waals surface area contributed by atoms with Crippen molar-refractivity contribution >= 4 is 11.8 Å². The third kappa shape index (κ3) is 2.60. The molecular formula is C12H14N2O4. The van der Waals surface area contributed by atoms with Crippen molar-refractivity contribution in [3.63, 3.8) is 0 Å². The van der Waals surface area contributed by atoms with Crippen LogP contribution in [0.15, 0.2) is 24.3 Å². The van der Waals surface area contributed by atoms with Crippen LogP contribution in [0, 0.1) is 0 Å². The normalized spacial score (nSPS) is 18.7. The lowest BCUT2D eigenvalue weighted by Gasteiger charge is -2.38. The van der Waals surface area contributed by atoms with Gasteiger partial charge in [-0.1, -0.05) is 6.07 Å². The molecule has 1 aromatic rings. The Kier molecular flexibility index (Phi) is 3.47. The molecule has 18 heavy (non-hydrogen) atoms. The van der Waals surface area contributed by atoms with E-state index in [0.717, 1.165) is 11.5 Å². The van der Waals surface area contributed by atoms with Gasteiger partial charge in [0.05, 0.1) is 6.42 Å². The monoisotopic (exact) mass is 250 g/mol. The van der Waals surface area contributed by atoms with Crippen LogP contribution in [0.2, 0.25) is 0 Å². The van der Waals surface area contributed by atoms with Crippen molar-refractivity contribution in [2.75, 3.05) is 7.11 Å². The molecule has 3 aliphatic rings. The van der Waals surface area contributed by atoms with Crippen LogP contribution in [0.3, 0.4) is 0 Å². The Morgan fingerprint density at radius 2 is 2.11 bits per heavy atom. The third-order valence-corrected chi connectivity index (χ3v) is 2.50. The summed E-state index contributed by atoms with van der Waals surface area (Å²) >= 11 is 0. The maximum atomic E-state index is 10.8. The highest BCUT2D eigenvalue weighted by Gasteiger charge is 2.36. The molecule has 0 spiro atoms. The minimum absolute atomic E-state index is 0.118. The Morgan fingerprint density at radius 1 is 1.50 bits per heavy atom. The molecule has 1 aromatic carbocycles. The van der Waals surface area contributed by atoms with Crippen molar-refractivity contribution in [1.29, 1.82) is 0 Å². The molecule has 0 aliphatic carbocycles. The zero-order valence-electron chi connectivity index (χ0n) is 10.2. The predicted octanol–water partition coefficient (Wildman–Crippen LogP) is 1.03. The molecule has 0 saturated carbocycles. The average Bonchev–Trinajstić information content (AvgIpc) is 2.34. The number of ether oxygens (including phenoxy) is 2. The summed E-state index contributed by atoms with van der Waals surface area (Å²) in [4.78, 5) is 21.3. The minimum atomic E-state index is -0.286. The van der Waals surface area contributed by atoms with E-state index in [0.29, 0.717) is 6.42 Å². The van der Waals surface area contributed by atoms with Crippen LogP contribution in [-0.4, -0.2) is 30.2 Å². The Morgan fingerprint density at radius 3 is 2.39 bits per heavy atom. The highest BCUT2D eigenvalue weighted by molar-refractivity contribution is 5.85. The van der Waals surface area contributed by atoms with Gasteiger partial charge in [0, 0.05) is 20.1 Å². The molecule has 0 radical (unpaired) electrons. The highest BCUT2D eigenvalue weighted by atomic mass is 16.5. The summed E-state index contributed by atoms with van der Waals surface area (Å²) < 4.78 is 9.87. The summed E-state index contributed by atoms with van der Waals surface area (Å²) in [5, 5.41) is 1.18. The van der Waals surface area contributed by atoms with E-state index in [2.05, 4.69) is 5.43 Å². The molecule has 3 aliphatic heterocycles. The molecule has 0 aromatic heterocycles. The summed E-state index contributed by atoms with van der Waals surface area (Å²) in [6, 6.07) is 7.86. The zero-order valence-corrected chi connectivity index (χ0v) is 10.2. The molecule has 6 nitrogen and oxygen atoms in total. The SMILES string of the molecule is CO[C@@H]1CC(=O)N1NC(C)=O.c1cc2cc(c1)O2. The maximum absolute atomic E-state index is 10.8. The molecule has 4 rings (SSSR count). The van der Waals surface area contributed by atoms with E-state index in [1.807, 2.05) is 24.3 Å². The van der Waals surface area contributed by atoms with Gasteiger partial charge in [0.15, 0.2) is 6.23 Å². The van der Waals surface area contributed by atoms with Crippen LogP contribution in [0.5, 0.6) is 11.5 Å². The Bertz CT molecular complexity index is 450. The van der Waals surface area contributed by atoms with Crippen LogP contribution in [0.4, 0.5) is 0 Å². The van der Waals surface area contributed by atoms with Crippen LogP contribution in [-0.2, 0) is 14.3 Å². The average molecular weight is 250 g/mol. The fourth-order valence-electron chi connectivity index (χ4n) is 1.56. The van der Waals surface area contributed by atoms with Gasteiger partial charge in [-0.05, 0) is 12.1 Å². The van der Waals surface area contributed by atoms with Crippen molar-refractivity contribution in [2.45, 2.75) is 19.6 Å². The van der Waals surface area contributed by atoms with Crippen LogP contribution < -0.4 is 10.2 Å². The molecule has 1 fully saturated rings. The number of β-lactam (4-membered cyclic amide) rings is 1. The van der Waals surface area contributed by atoms with Gasteiger partial charge in [0.2, 0.25) is 11.8 Å². The summed E-state index contributed by atoms with van der Waals surface area (Å²) in [6.07, 6.45) is 0.0583. The number of carbonyl (C=O) groups excluding carboxylic acids is 2. The van der Waals surface area contributed by atoms with Gasteiger partial charge < -0.3 is 9.47 Å². The number of hydrogen-bond donors (Lipinski definition) is 1. The van der Waals surface area contributed by atoms with E-state index >= 15 is 0 Å². The Hall–Kier alpha value is -2.08. The molecule has 1 saturated heterocycles. The summed E-state index contributed by atoms with van der Waals surface area (Å²) in [6.45, 7) is 1.35. The number of benzene rings is 1. The third-order valence-electron chi connectivity index (χ3n) is 2.50. The molecule has 96 valence electrons. The van der Waals surface area contributed by atoms with E-state index in [1.165, 1.54) is 19.0 Å². The number of nitrogens with one attached hydrogen (secondary N) is 1. The first kappa shape index (κ1) is 12.4. The number of nitrogens with zero attached hydrogens (tertiary/aromatic N) is 1. The maximum Gasteiger partial charge on any atom is 0.248 e. The van der Waals surface area contributed by atoms with Gasteiger partial charge in [0.25, 0.3) is 0 Å². The van der Waals surface area contributed by atoms with Gasteiger partial charge in [-0.2, -0.15) is 0 Å². The van der Waals surface area contributed by atoms with Gasteiger partial charge in [-0.25, -0.2) is 5.01 Å². The number of carbonyl (C=O) groups is 2. The lowest BCUT2D eigenvalue weighted by atomic mass is 10.2. The van der Waals surface area contributed by atoms with Crippen LogP contribution >= 0.6 is 0 Å². The summed E-state index contributed by atoms with van der Waals surface area (Å²) in [7, 11) is 1.49. The van der Waals surface area contributed by atoms with Gasteiger partial charge in [0.1, 0.15) is 11.5 Å². The van der Waals surface area contributed by atoms with Crippen LogP contribution in [0.25, 0.3) is 0 Å². The number of hydrazine groups is 1. The van der Waals surface area contributed by atoms with Crippen molar-refractivity contribution < 1.29 is 19.1 Å². The van der Waals surface area contributed by atoms with Crippen molar-refractivity contribution in [3.05, 3.63) is 24.3 Å². The van der Waals surface area contributed by atoms with E-state index < -0.39 is 0 Å². The first-order chi connectivity index (χ1) is 8.60. The fourth-order valence-corrected chi connectivity index (χ4v) is 1.56. The standard InChI is InChI=1S/C6H10N2O3.C6H4O/c1-4(9)7-8-5(10)3-6(8)11-2;1-2-5-4-6(3-1)7-5/h6H,3H2,1-2H3,(H,7,9);1-4H/t6-;/m1./s1. The number of methoxy groups -OCH3 is 1. The molecule has 3 heterocycles. The molecule has 0 unspecified atom stereocenters. The van der Waals surface area contributed by atoms with Crippen molar-refractivity contribution in [1.82, 2.24) is 10.4 Å². The molecule has 1 atom stereocenters. The lowest BCUT2D eigenvalue weighted by Crippen LogP contribution is -2.61. The Labute approximate surface area is 104 Å². The molecule has 2 amide bonds.